The number of halogens is 2. The van der Waals surface area contributed by atoms with E-state index in [-0.39, 0.29) is 6.04 Å². The van der Waals surface area contributed by atoms with E-state index >= 15 is 0 Å². The van der Waals surface area contributed by atoms with Crippen molar-refractivity contribution in [3.8, 4) is 0 Å². The molecule has 1 atom stereocenters. The molecule has 0 amide bonds. The zero-order valence-corrected chi connectivity index (χ0v) is 13.5. The molecule has 1 unspecified atom stereocenters. The van der Waals surface area contributed by atoms with Gasteiger partial charge >= 0.3 is 0 Å². The molecule has 96 valence electrons. The van der Waals surface area contributed by atoms with Gasteiger partial charge in [0.1, 0.15) is 0 Å². The standard InChI is InChI=1S/C14H15BrClNS/c1-3-17-13(10-7-5-4-6-9(10)2)12-8-11(16)14(15)18-12/h4-8,13,17H,3H2,1-2H3. The number of thiophene rings is 1. The van der Waals surface area contributed by atoms with Gasteiger partial charge in [-0.25, -0.2) is 0 Å². The van der Waals surface area contributed by atoms with Crippen LogP contribution in [0.3, 0.4) is 0 Å². The van der Waals surface area contributed by atoms with Crippen molar-refractivity contribution in [3.63, 3.8) is 0 Å². The molecule has 1 N–H and O–H groups in total. The summed E-state index contributed by atoms with van der Waals surface area (Å²) in [7, 11) is 0. The summed E-state index contributed by atoms with van der Waals surface area (Å²) >= 11 is 11.3. The molecule has 0 aliphatic rings. The van der Waals surface area contributed by atoms with Gasteiger partial charge < -0.3 is 5.32 Å². The number of hydrogen-bond donors (Lipinski definition) is 1. The first-order chi connectivity index (χ1) is 8.63. The Morgan fingerprint density at radius 3 is 2.67 bits per heavy atom. The molecule has 0 spiro atoms. The second-order valence-corrected chi connectivity index (χ2v) is 6.93. The molecule has 18 heavy (non-hydrogen) atoms. The molecule has 1 nitrogen and oxygen atoms in total. The highest BCUT2D eigenvalue weighted by atomic mass is 79.9. The fraction of sp³-hybridized carbons (Fsp3) is 0.286. The van der Waals surface area contributed by atoms with Crippen LogP contribution in [0.4, 0.5) is 0 Å². The van der Waals surface area contributed by atoms with Gasteiger partial charge in [-0.15, -0.1) is 11.3 Å². The van der Waals surface area contributed by atoms with Crippen LogP contribution < -0.4 is 5.32 Å². The Balaban J connectivity index is 2.43. The van der Waals surface area contributed by atoms with Crippen molar-refractivity contribution in [3.05, 3.63) is 55.1 Å². The van der Waals surface area contributed by atoms with Crippen LogP contribution in [0.5, 0.6) is 0 Å². The Labute approximate surface area is 125 Å². The van der Waals surface area contributed by atoms with E-state index in [0.717, 1.165) is 15.4 Å². The average molecular weight is 345 g/mol. The fourth-order valence-corrected chi connectivity index (χ4v) is 3.83. The SMILES string of the molecule is CCNC(c1cc(Cl)c(Br)s1)c1ccccc1C. The van der Waals surface area contributed by atoms with Gasteiger partial charge in [0.05, 0.1) is 14.9 Å². The second-order valence-electron chi connectivity index (χ2n) is 4.12. The first kappa shape index (κ1) is 14.1. The predicted octanol–water partition coefficient (Wildman–Crippen LogP) is 5.17. The summed E-state index contributed by atoms with van der Waals surface area (Å²) in [4.78, 5) is 1.24. The van der Waals surface area contributed by atoms with Crippen LogP contribution in [-0.4, -0.2) is 6.54 Å². The molecule has 2 rings (SSSR count). The van der Waals surface area contributed by atoms with Gasteiger partial charge in [0.25, 0.3) is 0 Å². The molecular formula is C14H15BrClNS. The Bertz CT molecular complexity index is 519. The third-order valence-corrected chi connectivity index (χ3v) is 5.40. The van der Waals surface area contributed by atoms with Crippen LogP contribution in [0.2, 0.25) is 5.02 Å². The lowest BCUT2D eigenvalue weighted by molar-refractivity contribution is 0.637. The van der Waals surface area contributed by atoms with Gasteiger partial charge in [-0.3, -0.25) is 0 Å². The highest BCUT2D eigenvalue weighted by Crippen LogP contribution is 2.37. The molecule has 4 heteroatoms. The van der Waals surface area contributed by atoms with E-state index in [1.165, 1.54) is 16.0 Å². The van der Waals surface area contributed by atoms with Crippen molar-refractivity contribution in [2.75, 3.05) is 6.54 Å². The van der Waals surface area contributed by atoms with E-state index in [4.69, 9.17) is 11.6 Å². The van der Waals surface area contributed by atoms with Crippen LogP contribution >= 0.6 is 38.9 Å². The molecule has 1 aromatic carbocycles. The maximum atomic E-state index is 6.14. The fourth-order valence-electron chi connectivity index (χ4n) is 1.98. The van der Waals surface area contributed by atoms with Gasteiger partial charge in [-0.05, 0) is 46.6 Å². The third-order valence-electron chi connectivity index (χ3n) is 2.86. The van der Waals surface area contributed by atoms with E-state index in [1.807, 2.05) is 6.07 Å². The summed E-state index contributed by atoms with van der Waals surface area (Å²) in [5.74, 6) is 0. The number of nitrogens with one attached hydrogen (secondary N) is 1. The Hall–Kier alpha value is -0.350. The Morgan fingerprint density at radius 1 is 1.39 bits per heavy atom. The van der Waals surface area contributed by atoms with E-state index in [1.54, 1.807) is 11.3 Å². The molecule has 1 aromatic heterocycles. The minimum absolute atomic E-state index is 0.213. The van der Waals surface area contributed by atoms with E-state index in [0.29, 0.717) is 0 Å². The van der Waals surface area contributed by atoms with Crippen LogP contribution in [0.1, 0.15) is 29.0 Å². The van der Waals surface area contributed by atoms with Gasteiger partial charge in [-0.2, -0.15) is 0 Å². The molecule has 1 heterocycles. The number of benzene rings is 1. The van der Waals surface area contributed by atoms with Gasteiger partial charge in [-0.1, -0.05) is 42.8 Å². The third kappa shape index (κ3) is 2.97. The van der Waals surface area contributed by atoms with Crippen LogP contribution in [-0.2, 0) is 0 Å². The predicted molar refractivity (Wildman–Crippen MR) is 83.7 cm³/mol. The van der Waals surface area contributed by atoms with Crippen LogP contribution in [0.15, 0.2) is 34.1 Å². The van der Waals surface area contributed by atoms with Crippen molar-refractivity contribution in [2.45, 2.75) is 19.9 Å². The van der Waals surface area contributed by atoms with Gasteiger partial charge in [0, 0.05) is 4.88 Å². The number of rotatable bonds is 4. The lowest BCUT2D eigenvalue weighted by Crippen LogP contribution is -2.21. The normalized spacial score (nSPS) is 12.7. The molecule has 0 radical (unpaired) electrons. The topological polar surface area (TPSA) is 12.0 Å². The van der Waals surface area contributed by atoms with Crippen molar-refractivity contribution in [2.24, 2.45) is 0 Å². The lowest BCUT2D eigenvalue weighted by Gasteiger charge is -2.19. The molecule has 0 bridgehead atoms. The smallest absolute Gasteiger partial charge is 0.0888 e. The van der Waals surface area contributed by atoms with Gasteiger partial charge in [0.15, 0.2) is 0 Å². The molecule has 0 aliphatic heterocycles. The Kier molecular flexibility index (Phi) is 4.84. The van der Waals surface area contributed by atoms with Crippen LogP contribution in [0, 0.1) is 6.92 Å². The number of hydrogen-bond acceptors (Lipinski definition) is 2. The van der Waals surface area contributed by atoms with E-state index < -0.39 is 0 Å². The second kappa shape index (κ2) is 6.20. The zero-order valence-electron chi connectivity index (χ0n) is 10.3. The quantitative estimate of drug-likeness (QED) is 0.806. The molecule has 0 saturated heterocycles. The summed E-state index contributed by atoms with van der Waals surface area (Å²) in [6, 6.07) is 10.7. The minimum Gasteiger partial charge on any atom is -0.306 e. The van der Waals surface area contributed by atoms with Crippen molar-refractivity contribution in [1.29, 1.82) is 0 Å². The highest BCUT2D eigenvalue weighted by Gasteiger charge is 2.18. The summed E-state index contributed by atoms with van der Waals surface area (Å²) in [5.41, 5.74) is 2.61. The molecular weight excluding hydrogens is 330 g/mol. The molecule has 0 saturated carbocycles. The first-order valence-corrected chi connectivity index (χ1v) is 7.86. The van der Waals surface area contributed by atoms with E-state index in [2.05, 4.69) is 59.4 Å². The largest absolute Gasteiger partial charge is 0.306 e. The lowest BCUT2D eigenvalue weighted by atomic mass is 10.00. The maximum absolute atomic E-state index is 6.14. The minimum atomic E-state index is 0.213. The molecule has 0 fully saturated rings. The van der Waals surface area contributed by atoms with Crippen molar-refractivity contribution >= 4 is 38.9 Å². The average Bonchev–Trinajstić information content (AvgIpc) is 2.68. The summed E-state index contributed by atoms with van der Waals surface area (Å²) in [6.07, 6.45) is 0. The van der Waals surface area contributed by atoms with E-state index in [9.17, 15) is 0 Å². The maximum Gasteiger partial charge on any atom is 0.0888 e. The van der Waals surface area contributed by atoms with Crippen LogP contribution in [0.25, 0.3) is 0 Å². The van der Waals surface area contributed by atoms with Gasteiger partial charge in [0.2, 0.25) is 0 Å². The zero-order chi connectivity index (χ0) is 13.1. The molecule has 0 aliphatic carbocycles. The first-order valence-electron chi connectivity index (χ1n) is 5.87. The molecule has 2 aromatic rings. The summed E-state index contributed by atoms with van der Waals surface area (Å²) < 4.78 is 0.996. The number of aryl methyl sites for hydroxylation is 1. The summed E-state index contributed by atoms with van der Waals surface area (Å²) in [6.45, 7) is 5.19. The monoisotopic (exact) mass is 343 g/mol. The highest BCUT2D eigenvalue weighted by molar-refractivity contribution is 9.11. The summed E-state index contributed by atoms with van der Waals surface area (Å²) in [5, 5.41) is 4.31. The Morgan fingerprint density at radius 2 is 2.11 bits per heavy atom. The van der Waals surface area contributed by atoms with Crippen molar-refractivity contribution < 1.29 is 0 Å². The van der Waals surface area contributed by atoms with Crippen molar-refractivity contribution in [1.82, 2.24) is 5.32 Å².